The Morgan fingerprint density at radius 3 is 3.14 bits per heavy atom. The van der Waals surface area contributed by atoms with Crippen molar-refractivity contribution in [3.8, 4) is 0 Å². The van der Waals surface area contributed by atoms with E-state index in [0.717, 1.165) is 31.8 Å². The molecule has 0 spiro atoms. The lowest BCUT2D eigenvalue weighted by molar-refractivity contribution is 0.198. The fraction of sp³-hybridized carbons (Fsp3) is 0.562. The second-order valence-corrected chi connectivity index (χ2v) is 6.51. The molecular formula is C16H23N3OS. The molecular weight excluding hydrogens is 282 g/mol. The van der Waals surface area contributed by atoms with E-state index in [1.165, 1.54) is 29.1 Å². The number of hydrogen-bond acceptors (Lipinski definition) is 5. The van der Waals surface area contributed by atoms with E-state index in [1.807, 2.05) is 11.3 Å². The molecule has 0 saturated carbocycles. The van der Waals surface area contributed by atoms with Crippen molar-refractivity contribution in [2.24, 2.45) is 0 Å². The maximum atomic E-state index is 5.10. The zero-order valence-electron chi connectivity index (χ0n) is 12.5. The largest absolute Gasteiger partial charge is 0.383 e. The summed E-state index contributed by atoms with van der Waals surface area (Å²) in [7, 11) is 1.75. The summed E-state index contributed by atoms with van der Waals surface area (Å²) >= 11 is 1.81. The van der Waals surface area contributed by atoms with Crippen LogP contribution in [0.3, 0.4) is 0 Å². The summed E-state index contributed by atoms with van der Waals surface area (Å²) in [5, 5.41) is 4.68. The molecule has 1 aromatic carbocycles. The third-order valence-corrected chi connectivity index (χ3v) is 5.09. The predicted molar refractivity (Wildman–Crippen MR) is 89.4 cm³/mol. The van der Waals surface area contributed by atoms with E-state index in [4.69, 9.17) is 9.72 Å². The molecule has 1 atom stereocenters. The summed E-state index contributed by atoms with van der Waals surface area (Å²) < 4.78 is 6.38. The summed E-state index contributed by atoms with van der Waals surface area (Å²) in [6.07, 6.45) is 3.83. The van der Waals surface area contributed by atoms with Gasteiger partial charge in [0.1, 0.15) is 0 Å². The average Bonchev–Trinajstić information content (AvgIpc) is 2.96. The number of para-hydroxylation sites is 1. The minimum Gasteiger partial charge on any atom is -0.383 e. The van der Waals surface area contributed by atoms with Crippen molar-refractivity contribution < 1.29 is 4.74 Å². The summed E-state index contributed by atoms with van der Waals surface area (Å²) in [6.45, 7) is 3.82. The van der Waals surface area contributed by atoms with Crippen molar-refractivity contribution in [3.63, 3.8) is 0 Å². The average molecular weight is 305 g/mol. The van der Waals surface area contributed by atoms with Crippen LogP contribution in [0.4, 0.5) is 5.13 Å². The first-order valence-electron chi connectivity index (χ1n) is 7.70. The molecule has 1 aliphatic heterocycles. The second-order valence-electron chi connectivity index (χ2n) is 5.50. The summed E-state index contributed by atoms with van der Waals surface area (Å²) in [4.78, 5) is 7.32. The molecule has 0 bridgehead atoms. The maximum absolute atomic E-state index is 5.10. The van der Waals surface area contributed by atoms with Gasteiger partial charge in [-0.25, -0.2) is 4.98 Å². The van der Waals surface area contributed by atoms with Crippen molar-refractivity contribution in [1.82, 2.24) is 10.3 Å². The van der Waals surface area contributed by atoms with Crippen LogP contribution < -0.4 is 10.2 Å². The van der Waals surface area contributed by atoms with Crippen molar-refractivity contribution in [3.05, 3.63) is 24.3 Å². The fourth-order valence-electron chi connectivity index (χ4n) is 2.89. The van der Waals surface area contributed by atoms with Crippen LogP contribution in [0.15, 0.2) is 24.3 Å². The van der Waals surface area contributed by atoms with Crippen LogP contribution in [0.5, 0.6) is 0 Å². The first kappa shape index (κ1) is 14.8. The Morgan fingerprint density at radius 1 is 1.38 bits per heavy atom. The van der Waals surface area contributed by atoms with Crippen LogP contribution >= 0.6 is 11.3 Å². The zero-order chi connectivity index (χ0) is 14.5. The van der Waals surface area contributed by atoms with E-state index in [2.05, 4.69) is 34.5 Å². The lowest BCUT2D eigenvalue weighted by atomic mass is 10.0. The van der Waals surface area contributed by atoms with Gasteiger partial charge < -0.3 is 15.0 Å². The molecule has 4 nitrogen and oxygen atoms in total. The van der Waals surface area contributed by atoms with E-state index in [1.54, 1.807) is 7.11 Å². The quantitative estimate of drug-likeness (QED) is 0.833. The normalized spacial score (nSPS) is 19.3. The third kappa shape index (κ3) is 3.54. The van der Waals surface area contributed by atoms with E-state index < -0.39 is 0 Å². The molecule has 1 fully saturated rings. The number of ether oxygens (including phenoxy) is 1. The van der Waals surface area contributed by atoms with E-state index >= 15 is 0 Å². The summed E-state index contributed by atoms with van der Waals surface area (Å²) in [5.41, 5.74) is 1.12. The van der Waals surface area contributed by atoms with E-state index in [0.29, 0.717) is 6.04 Å². The van der Waals surface area contributed by atoms with Crippen LogP contribution in [-0.2, 0) is 4.74 Å². The molecule has 1 N–H and O–H groups in total. The van der Waals surface area contributed by atoms with Crippen LogP contribution in [0.25, 0.3) is 10.2 Å². The molecule has 0 radical (unpaired) electrons. The molecule has 2 aromatic rings. The van der Waals surface area contributed by atoms with Gasteiger partial charge in [0.25, 0.3) is 0 Å². The number of benzene rings is 1. The fourth-order valence-corrected chi connectivity index (χ4v) is 3.95. The number of fused-ring (bicyclic) bond motifs is 1. The van der Waals surface area contributed by atoms with Gasteiger partial charge >= 0.3 is 0 Å². The lowest BCUT2D eigenvalue weighted by Crippen LogP contribution is -2.46. The number of nitrogens with zero attached hydrogens (tertiary/aromatic N) is 2. The number of hydrogen-bond donors (Lipinski definition) is 1. The molecule has 21 heavy (non-hydrogen) atoms. The molecule has 0 amide bonds. The Hall–Kier alpha value is -1.17. The van der Waals surface area contributed by atoms with E-state index in [-0.39, 0.29) is 0 Å². The molecule has 3 rings (SSSR count). The van der Waals surface area contributed by atoms with Gasteiger partial charge in [0.2, 0.25) is 0 Å². The van der Waals surface area contributed by atoms with Crippen LogP contribution in [0.1, 0.15) is 19.3 Å². The summed E-state index contributed by atoms with van der Waals surface area (Å²) in [5.74, 6) is 0. The number of rotatable bonds is 6. The van der Waals surface area contributed by atoms with Crippen LogP contribution in [0, 0.1) is 0 Å². The molecule has 1 saturated heterocycles. The Balaban J connectivity index is 1.70. The zero-order valence-corrected chi connectivity index (χ0v) is 13.4. The highest BCUT2D eigenvalue weighted by Crippen LogP contribution is 2.32. The van der Waals surface area contributed by atoms with Crippen molar-refractivity contribution >= 4 is 26.7 Å². The van der Waals surface area contributed by atoms with Gasteiger partial charge in [0.15, 0.2) is 5.13 Å². The standard InChI is InChI=1S/C16H23N3OS/c1-20-11-9-17-12-13-6-4-5-10-19(13)16-18-14-7-2-3-8-15(14)21-16/h2-3,7-8,13,17H,4-6,9-12H2,1H3. The molecule has 1 aromatic heterocycles. The van der Waals surface area contributed by atoms with Gasteiger partial charge in [-0.2, -0.15) is 0 Å². The molecule has 5 heteroatoms. The number of thiazole rings is 1. The van der Waals surface area contributed by atoms with Gasteiger partial charge in [-0.1, -0.05) is 23.5 Å². The Morgan fingerprint density at radius 2 is 2.29 bits per heavy atom. The first-order chi connectivity index (χ1) is 10.4. The number of aromatic nitrogens is 1. The number of methoxy groups -OCH3 is 1. The Bertz CT molecular complexity index is 538. The maximum Gasteiger partial charge on any atom is 0.186 e. The number of nitrogens with one attached hydrogen (secondary N) is 1. The van der Waals surface area contributed by atoms with Crippen LogP contribution in [0.2, 0.25) is 0 Å². The first-order valence-corrected chi connectivity index (χ1v) is 8.52. The van der Waals surface area contributed by atoms with Gasteiger partial charge in [-0.3, -0.25) is 0 Å². The number of anilines is 1. The lowest BCUT2D eigenvalue weighted by Gasteiger charge is -2.35. The number of piperidine rings is 1. The minimum absolute atomic E-state index is 0.552. The highest BCUT2D eigenvalue weighted by molar-refractivity contribution is 7.22. The Labute approximate surface area is 130 Å². The Kier molecular flexibility index (Phi) is 5.06. The highest BCUT2D eigenvalue weighted by atomic mass is 32.1. The van der Waals surface area contributed by atoms with Gasteiger partial charge in [0.05, 0.1) is 16.8 Å². The van der Waals surface area contributed by atoms with Crippen molar-refractivity contribution in [2.75, 3.05) is 38.3 Å². The van der Waals surface area contributed by atoms with Crippen molar-refractivity contribution in [1.29, 1.82) is 0 Å². The summed E-state index contributed by atoms with van der Waals surface area (Å²) in [6, 6.07) is 8.96. The molecule has 0 aliphatic carbocycles. The SMILES string of the molecule is COCCNCC1CCCCN1c1nc2ccccc2s1. The molecule has 1 aliphatic rings. The van der Waals surface area contributed by atoms with Gasteiger partial charge in [-0.05, 0) is 31.4 Å². The topological polar surface area (TPSA) is 37.4 Å². The molecule has 114 valence electrons. The third-order valence-electron chi connectivity index (χ3n) is 4.02. The minimum atomic E-state index is 0.552. The second kappa shape index (κ2) is 7.20. The smallest absolute Gasteiger partial charge is 0.186 e. The van der Waals surface area contributed by atoms with E-state index in [9.17, 15) is 0 Å². The monoisotopic (exact) mass is 305 g/mol. The van der Waals surface area contributed by atoms with Crippen LogP contribution in [-0.4, -0.2) is 44.4 Å². The van der Waals surface area contributed by atoms with Crippen molar-refractivity contribution in [2.45, 2.75) is 25.3 Å². The van der Waals surface area contributed by atoms with Gasteiger partial charge in [0, 0.05) is 32.8 Å². The van der Waals surface area contributed by atoms with Gasteiger partial charge in [-0.15, -0.1) is 0 Å². The molecule has 1 unspecified atom stereocenters. The highest BCUT2D eigenvalue weighted by Gasteiger charge is 2.24. The predicted octanol–water partition coefficient (Wildman–Crippen LogP) is 2.89. The molecule has 2 heterocycles.